The van der Waals surface area contributed by atoms with Crippen molar-refractivity contribution in [3.8, 4) is 0 Å². The Morgan fingerprint density at radius 2 is 1.89 bits per heavy atom. The second-order valence-corrected chi connectivity index (χ2v) is 5.39. The molecular weight excluding hydrogens is 329 g/mol. The quantitative estimate of drug-likeness (QED) is 0.811. The van der Waals surface area contributed by atoms with Crippen molar-refractivity contribution in [2.24, 2.45) is 0 Å². The second kappa shape index (κ2) is 6.21. The fraction of sp³-hybridized carbons (Fsp3) is 0.0714. The van der Waals surface area contributed by atoms with Crippen LogP contribution >= 0.6 is 28.6 Å². The van der Waals surface area contributed by atoms with E-state index in [2.05, 4.69) is 33.9 Å². The van der Waals surface area contributed by atoms with Crippen molar-refractivity contribution in [1.82, 2.24) is 0 Å². The number of benzene rings is 2. The van der Waals surface area contributed by atoms with Gasteiger partial charge < -0.3 is 5.32 Å². The van der Waals surface area contributed by atoms with Crippen molar-refractivity contribution in [3.63, 3.8) is 0 Å². The molecule has 0 aromatic heterocycles. The Balaban J connectivity index is 2.03. The topological polar surface area (TPSA) is 29.1 Å². The zero-order valence-electron chi connectivity index (χ0n) is 9.86. The van der Waals surface area contributed by atoms with Gasteiger partial charge in [-0.25, -0.2) is 4.39 Å². The van der Waals surface area contributed by atoms with E-state index in [9.17, 15) is 9.18 Å². The summed E-state index contributed by atoms with van der Waals surface area (Å²) in [5.74, 6) is -0.506. The van der Waals surface area contributed by atoms with Crippen LogP contribution in [-0.2, 0) is 11.2 Å². The minimum atomic E-state index is -0.353. The van der Waals surface area contributed by atoms with E-state index >= 15 is 0 Å². The molecule has 2 aromatic rings. The first kappa shape index (κ1) is 14.1. The molecule has 2 nitrogen and oxygen atoms in total. The molecule has 0 unspecified atom stereocenters. The molecule has 0 heterocycles. The van der Waals surface area contributed by atoms with Crippen LogP contribution in [0.15, 0.2) is 51.8 Å². The molecule has 5 heteroatoms. The molecule has 1 amide bonds. The molecule has 0 aliphatic rings. The van der Waals surface area contributed by atoms with Gasteiger partial charge in [-0.15, -0.1) is 12.6 Å². The van der Waals surface area contributed by atoms with E-state index in [0.717, 1.165) is 10.5 Å². The molecule has 0 aliphatic heterocycles. The molecule has 19 heavy (non-hydrogen) atoms. The first-order valence-electron chi connectivity index (χ1n) is 5.57. The summed E-state index contributed by atoms with van der Waals surface area (Å²) >= 11 is 7.39. The van der Waals surface area contributed by atoms with E-state index in [1.54, 1.807) is 0 Å². The minimum Gasteiger partial charge on any atom is -0.325 e. The maximum atomic E-state index is 12.9. The Hall–Kier alpha value is -1.33. The normalized spacial score (nSPS) is 10.3. The van der Waals surface area contributed by atoms with E-state index in [4.69, 9.17) is 0 Å². The van der Waals surface area contributed by atoms with E-state index in [-0.39, 0.29) is 18.1 Å². The van der Waals surface area contributed by atoms with E-state index in [1.807, 2.05) is 24.3 Å². The number of nitrogens with one attached hydrogen (secondary N) is 1. The summed E-state index contributed by atoms with van der Waals surface area (Å²) in [5, 5.41) is 2.73. The van der Waals surface area contributed by atoms with Crippen LogP contribution in [0.25, 0.3) is 0 Å². The number of halogens is 2. The van der Waals surface area contributed by atoms with Gasteiger partial charge in [0, 0.05) is 9.37 Å². The number of amides is 1. The minimum absolute atomic E-state index is 0.153. The van der Waals surface area contributed by atoms with Crippen molar-refractivity contribution in [2.45, 2.75) is 11.3 Å². The lowest BCUT2D eigenvalue weighted by atomic mass is 10.1. The summed E-state index contributed by atoms with van der Waals surface area (Å²) < 4.78 is 13.4. The number of carbonyl (C=O) groups is 1. The zero-order valence-corrected chi connectivity index (χ0v) is 12.3. The maximum absolute atomic E-state index is 12.9. The Kier molecular flexibility index (Phi) is 4.61. The first-order valence-corrected chi connectivity index (χ1v) is 6.81. The van der Waals surface area contributed by atoms with Crippen molar-refractivity contribution in [3.05, 3.63) is 58.3 Å². The van der Waals surface area contributed by atoms with Crippen LogP contribution < -0.4 is 5.32 Å². The van der Waals surface area contributed by atoms with E-state index in [1.165, 1.54) is 18.2 Å². The molecule has 1 N–H and O–H groups in total. The van der Waals surface area contributed by atoms with Gasteiger partial charge in [-0.1, -0.05) is 12.1 Å². The third-order valence-corrected chi connectivity index (χ3v) is 3.46. The number of hydrogen-bond donors (Lipinski definition) is 2. The van der Waals surface area contributed by atoms with Crippen LogP contribution in [-0.4, -0.2) is 5.91 Å². The Bertz CT molecular complexity index is 601. The average molecular weight is 340 g/mol. The van der Waals surface area contributed by atoms with Gasteiger partial charge in [-0.3, -0.25) is 4.79 Å². The molecular formula is C14H11BrFNOS. The number of rotatable bonds is 3. The molecule has 0 fully saturated rings. The van der Waals surface area contributed by atoms with Crippen LogP contribution in [0.4, 0.5) is 10.1 Å². The molecule has 98 valence electrons. The summed E-state index contributed by atoms with van der Waals surface area (Å²) in [7, 11) is 0. The van der Waals surface area contributed by atoms with Crippen LogP contribution in [0.1, 0.15) is 5.56 Å². The van der Waals surface area contributed by atoms with Crippen molar-refractivity contribution in [2.75, 3.05) is 5.32 Å². The highest BCUT2D eigenvalue weighted by Crippen LogP contribution is 2.23. The van der Waals surface area contributed by atoms with Gasteiger partial charge in [-0.2, -0.15) is 0 Å². The molecule has 0 bridgehead atoms. The Labute approximate surface area is 124 Å². The second-order valence-electron chi connectivity index (χ2n) is 4.02. The molecule has 2 rings (SSSR count). The SMILES string of the molecule is O=C(Cc1ccc(S)cc1)Nc1ccc(F)cc1Br. The molecule has 0 saturated heterocycles. The van der Waals surface area contributed by atoms with Gasteiger partial charge in [0.25, 0.3) is 0 Å². The lowest BCUT2D eigenvalue weighted by Crippen LogP contribution is -2.14. The van der Waals surface area contributed by atoms with Gasteiger partial charge in [-0.05, 0) is 51.8 Å². The van der Waals surface area contributed by atoms with Crippen LogP contribution in [0.2, 0.25) is 0 Å². The fourth-order valence-corrected chi connectivity index (χ4v) is 2.18. The van der Waals surface area contributed by atoms with Crippen LogP contribution in [0.5, 0.6) is 0 Å². The molecule has 2 aromatic carbocycles. The largest absolute Gasteiger partial charge is 0.325 e. The Morgan fingerprint density at radius 1 is 1.21 bits per heavy atom. The lowest BCUT2D eigenvalue weighted by Gasteiger charge is -2.07. The number of thiol groups is 1. The average Bonchev–Trinajstić information content (AvgIpc) is 2.36. The summed E-state index contributed by atoms with van der Waals surface area (Å²) in [5.41, 5.74) is 1.45. The number of hydrogen-bond acceptors (Lipinski definition) is 2. The van der Waals surface area contributed by atoms with E-state index in [0.29, 0.717) is 10.2 Å². The molecule has 0 radical (unpaired) electrons. The van der Waals surface area contributed by atoms with Crippen molar-refractivity contribution in [1.29, 1.82) is 0 Å². The summed E-state index contributed by atoms with van der Waals surface area (Å²) in [6.45, 7) is 0. The zero-order chi connectivity index (χ0) is 13.8. The third-order valence-electron chi connectivity index (χ3n) is 2.51. The first-order chi connectivity index (χ1) is 9.04. The molecule has 0 atom stereocenters. The predicted molar refractivity (Wildman–Crippen MR) is 80.1 cm³/mol. The molecule has 0 saturated carbocycles. The van der Waals surface area contributed by atoms with Crippen LogP contribution in [0.3, 0.4) is 0 Å². The fourth-order valence-electron chi connectivity index (χ4n) is 1.58. The standard InChI is InChI=1S/C14H11BrFNOS/c15-12-8-10(16)3-6-13(12)17-14(18)7-9-1-4-11(19)5-2-9/h1-6,8,19H,7H2,(H,17,18). The van der Waals surface area contributed by atoms with Gasteiger partial charge in [0.15, 0.2) is 0 Å². The lowest BCUT2D eigenvalue weighted by molar-refractivity contribution is -0.115. The number of carbonyl (C=O) groups excluding carboxylic acids is 1. The summed E-state index contributed by atoms with van der Waals surface area (Å²) in [6, 6.07) is 11.5. The highest BCUT2D eigenvalue weighted by Gasteiger charge is 2.07. The van der Waals surface area contributed by atoms with Gasteiger partial charge in [0.1, 0.15) is 5.82 Å². The Morgan fingerprint density at radius 3 is 2.53 bits per heavy atom. The molecule has 0 spiro atoms. The monoisotopic (exact) mass is 339 g/mol. The van der Waals surface area contributed by atoms with Gasteiger partial charge in [0.2, 0.25) is 5.91 Å². The number of anilines is 1. The predicted octanol–water partition coefficient (Wildman–Crippen LogP) is 4.06. The van der Waals surface area contributed by atoms with Crippen molar-refractivity contribution >= 4 is 40.2 Å². The van der Waals surface area contributed by atoms with Crippen LogP contribution in [0, 0.1) is 5.82 Å². The smallest absolute Gasteiger partial charge is 0.228 e. The van der Waals surface area contributed by atoms with Gasteiger partial charge >= 0.3 is 0 Å². The highest BCUT2D eigenvalue weighted by molar-refractivity contribution is 9.10. The van der Waals surface area contributed by atoms with E-state index < -0.39 is 0 Å². The van der Waals surface area contributed by atoms with Gasteiger partial charge in [0.05, 0.1) is 12.1 Å². The maximum Gasteiger partial charge on any atom is 0.228 e. The summed E-state index contributed by atoms with van der Waals surface area (Å²) in [4.78, 5) is 12.7. The highest BCUT2D eigenvalue weighted by atomic mass is 79.9. The molecule has 0 aliphatic carbocycles. The summed E-state index contributed by atoms with van der Waals surface area (Å²) in [6.07, 6.45) is 0.262. The third kappa shape index (κ3) is 4.08. The van der Waals surface area contributed by atoms with Crippen molar-refractivity contribution < 1.29 is 9.18 Å².